The second-order valence-corrected chi connectivity index (χ2v) is 7.00. The van der Waals surface area contributed by atoms with Crippen LogP contribution in [0.1, 0.15) is 45.6 Å². The summed E-state index contributed by atoms with van der Waals surface area (Å²) in [6.07, 6.45) is 4.08. The van der Waals surface area contributed by atoms with Gasteiger partial charge in [0.1, 0.15) is 0 Å². The zero-order valence-electron chi connectivity index (χ0n) is 13.1. The molecule has 1 N–H and O–H groups in total. The lowest BCUT2D eigenvalue weighted by molar-refractivity contribution is 0.296. The van der Waals surface area contributed by atoms with Gasteiger partial charge in [-0.2, -0.15) is 0 Å². The molecule has 0 aromatic heterocycles. The van der Waals surface area contributed by atoms with E-state index in [4.69, 9.17) is 0 Å². The molecular weight excluding hydrogens is 244 g/mol. The monoisotopic (exact) mass is 272 g/mol. The van der Waals surface area contributed by atoms with E-state index < -0.39 is 0 Å². The Morgan fingerprint density at radius 1 is 1.15 bits per heavy atom. The Hall–Kier alpha value is -1.02. The lowest BCUT2D eigenvalue weighted by Crippen LogP contribution is -2.46. The quantitative estimate of drug-likeness (QED) is 0.896. The molecule has 2 fully saturated rings. The SMILES string of the molecule is CC1CC(C)C(C)N(c2ccccc2CNC2CC2)C1. The van der Waals surface area contributed by atoms with E-state index in [0.29, 0.717) is 6.04 Å². The summed E-state index contributed by atoms with van der Waals surface area (Å²) in [5, 5.41) is 3.66. The van der Waals surface area contributed by atoms with E-state index >= 15 is 0 Å². The van der Waals surface area contributed by atoms with Crippen molar-refractivity contribution < 1.29 is 0 Å². The predicted molar refractivity (Wildman–Crippen MR) is 86.1 cm³/mol. The van der Waals surface area contributed by atoms with Crippen molar-refractivity contribution in [3.8, 4) is 0 Å². The zero-order chi connectivity index (χ0) is 14.1. The van der Waals surface area contributed by atoms with Gasteiger partial charge in [0.25, 0.3) is 0 Å². The molecule has 3 unspecified atom stereocenters. The molecule has 110 valence electrons. The minimum absolute atomic E-state index is 0.647. The highest BCUT2D eigenvalue weighted by Crippen LogP contribution is 2.33. The molecule has 0 radical (unpaired) electrons. The van der Waals surface area contributed by atoms with Crippen molar-refractivity contribution in [3.63, 3.8) is 0 Å². The van der Waals surface area contributed by atoms with Crippen LogP contribution in [0.15, 0.2) is 24.3 Å². The number of piperidine rings is 1. The molecule has 0 spiro atoms. The van der Waals surface area contributed by atoms with Crippen molar-refractivity contribution >= 4 is 5.69 Å². The van der Waals surface area contributed by atoms with Crippen LogP contribution in [0, 0.1) is 11.8 Å². The average Bonchev–Trinajstić information content (AvgIpc) is 3.25. The summed E-state index contributed by atoms with van der Waals surface area (Å²) in [5.41, 5.74) is 2.92. The standard InChI is InChI=1S/C18H28N2/c1-13-10-14(2)15(3)20(12-13)18-7-5-4-6-16(18)11-19-17-8-9-17/h4-7,13-15,17,19H,8-12H2,1-3H3. The summed E-state index contributed by atoms with van der Waals surface area (Å²) in [7, 11) is 0. The fourth-order valence-corrected chi connectivity index (χ4v) is 3.52. The van der Waals surface area contributed by atoms with E-state index in [9.17, 15) is 0 Å². The summed E-state index contributed by atoms with van der Waals surface area (Å²) >= 11 is 0. The van der Waals surface area contributed by atoms with Crippen molar-refractivity contribution in [2.75, 3.05) is 11.4 Å². The fraction of sp³-hybridized carbons (Fsp3) is 0.667. The predicted octanol–water partition coefficient (Wildman–Crippen LogP) is 3.81. The maximum Gasteiger partial charge on any atom is 0.0414 e. The number of rotatable bonds is 4. The van der Waals surface area contributed by atoms with Gasteiger partial charge in [0.15, 0.2) is 0 Å². The zero-order valence-corrected chi connectivity index (χ0v) is 13.1. The number of nitrogens with one attached hydrogen (secondary N) is 1. The Morgan fingerprint density at radius 3 is 2.65 bits per heavy atom. The van der Waals surface area contributed by atoms with Crippen LogP contribution in [0.2, 0.25) is 0 Å². The lowest BCUT2D eigenvalue weighted by Gasteiger charge is -2.43. The fourth-order valence-electron chi connectivity index (χ4n) is 3.52. The second-order valence-electron chi connectivity index (χ2n) is 7.00. The van der Waals surface area contributed by atoms with Gasteiger partial charge >= 0.3 is 0 Å². The molecule has 1 aliphatic heterocycles. The van der Waals surface area contributed by atoms with Crippen LogP contribution >= 0.6 is 0 Å². The molecule has 2 nitrogen and oxygen atoms in total. The summed E-state index contributed by atoms with van der Waals surface area (Å²) in [6.45, 7) is 9.40. The smallest absolute Gasteiger partial charge is 0.0414 e. The van der Waals surface area contributed by atoms with Gasteiger partial charge in [-0.25, -0.2) is 0 Å². The third-order valence-corrected chi connectivity index (χ3v) is 5.06. The van der Waals surface area contributed by atoms with E-state index in [0.717, 1.165) is 24.4 Å². The summed E-state index contributed by atoms with van der Waals surface area (Å²) < 4.78 is 0. The first kappa shape index (κ1) is 13.9. The Kier molecular flexibility index (Phi) is 4.02. The highest BCUT2D eigenvalue weighted by molar-refractivity contribution is 5.55. The van der Waals surface area contributed by atoms with E-state index in [1.54, 1.807) is 0 Å². The Balaban J connectivity index is 1.80. The van der Waals surface area contributed by atoms with Gasteiger partial charge in [-0.3, -0.25) is 0 Å². The van der Waals surface area contributed by atoms with Crippen molar-refractivity contribution in [2.24, 2.45) is 11.8 Å². The number of hydrogen-bond acceptors (Lipinski definition) is 2. The number of nitrogens with zero attached hydrogens (tertiary/aromatic N) is 1. The highest BCUT2D eigenvalue weighted by atomic mass is 15.2. The number of hydrogen-bond donors (Lipinski definition) is 1. The topological polar surface area (TPSA) is 15.3 Å². The maximum atomic E-state index is 3.66. The van der Waals surface area contributed by atoms with Crippen molar-refractivity contribution in [1.29, 1.82) is 0 Å². The lowest BCUT2D eigenvalue weighted by atomic mass is 9.85. The van der Waals surface area contributed by atoms with Crippen LogP contribution in [0.5, 0.6) is 0 Å². The van der Waals surface area contributed by atoms with Crippen LogP contribution in [0.25, 0.3) is 0 Å². The Labute approximate surface area is 123 Å². The second kappa shape index (κ2) is 5.77. The van der Waals surface area contributed by atoms with Crippen molar-refractivity contribution in [2.45, 2.75) is 58.7 Å². The van der Waals surface area contributed by atoms with Gasteiger partial charge in [0.2, 0.25) is 0 Å². The van der Waals surface area contributed by atoms with Crippen molar-refractivity contribution in [1.82, 2.24) is 5.32 Å². The minimum atomic E-state index is 0.647. The molecule has 2 aliphatic rings. The molecule has 1 saturated carbocycles. The first-order valence-electron chi connectivity index (χ1n) is 8.23. The molecule has 2 heteroatoms. The number of benzene rings is 1. The molecule has 0 amide bonds. The molecular formula is C18H28N2. The van der Waals surface area contributed by atoms with Gasteiger partial charge in [-0.1, -0.05) is 32.0 Å². The summed E-state index contributed by atoms with van der Waals surface area (Å²) in [4.78, 5) is 2.64. The minimum Gasteiger partial charge on any atom is -0.368 e. The average molecular weight is 272 g/mol. The third kappa shape index (κ3) is 3.01. The van der Waals surface area contributed by atoms with Crippen LogP contribution in [-0.4, -0.2) is 18.6 Å². The molecule has 20 heavy (non-hydrogen) atoms. The molecule has 0 bridgehead atoms. The van der Waals surface area contributed by atoms with Crippen LogP contribution in [-0.2, 0) is 6.54 Å². The largest absolute Gasteiger partial charge is 0.368 e. The summed E-state index contributed by atoms with van der Waals surface area (Å²) in [5.74, 6) is 1.58. The maximum absolute atomic E-state index is 3.66. The normalized spacial score (nSPS) is 30.6. The highest BCUT2D eigenvalue weighted by Gasteiger charge is 2.30. The molecule has 3 atom stereocenters. The van der Waals surface area contributed by atoms with E-state index in [1.807, 2.05) is 0 Å². The molecule has 1 saturated heterocycles. The van der Waals surface area contributed by atoms with Gasteiger partial charge < -0.3 is 10.2 Å². The van der Waals surface area contributed by atoms with Gasteiger partial charge in [-0.05, 0) is 49.7 Å². The first-order chi connectivity index (χ1) is 9.65. The third-order valence-electron chi connectivity index (χ3n) is 5.06. The molecule has 1 heterocycles. The van der Waals surface area contributed by atoms with Gasteiger partial charge in [0, 0.05) is 30.9 Å². The molecule has 1 aliphatic carbocycles. The first-order valence-corrected chi connectivity index (χ1v) is 8.23. The number of para-hydroxylation sites is 1. The van der Waals surface area contributed by atoms with Gasteiger partial charge in [0.05, 0.1) is 0 Å². The number of anilines is 1. The van der Waals surface area contributed by atoms with Crippen LogP contribution in [0.4, 0.5) is 5.69 Å². The van der Waals surface area contributed by atoms with Gasteiger partial charge in [-0.15, -0.1) is 0 Å². The molecule has 3 rings (SSSR count). The molecule has 1 aromatic rings. The molecule has 1 aromatic carbocycles. The van der Waals surface area contributed by atoms with E-state index in [1.165, 1.54) is 37.1 Å². The Morgan fingerprint density at radius 2 is 1.90 bits per heavy atom. The van der Waals surface area contributed by atoms with E-state index in [-0.39, 0.29) is 0 Å². The van der Waals surface area contributed by atoms with E-state index in [2.05, 4.69) is 55.3 Å². The van der Waals surface area contributed by atoms with Crippen molar-refractivity contribution in [3.05, 3.63) is 29.8 Å². The Bertz CT molecular complexity index is 452. The van der Waals surface area contributed by atoms with Crippen LogP contribution < -0.4 is 10.2 Å². The summed E-state index contributed by atoms with van der Waals surface area (Å²) in [6, 6.07) is 10.4. The van der Waals surface area contributed by atoms with Crippen LogP contribution in [0.3, 0.4) is 0 Å².